The number of rotatable bonds is 5. The Labute approximate surface area is 108 Å². The first kappa shape index (κ1) is 15.0. The van der Waals surface area contributed by atoms with Crippen molar-refractivity contribution in [2.75, 3.05) is 19.7 Å². The van der Waals surface area contributed by atoms with Crippen LogP contribution in [0.5, 0.6) is 0 Å². The van der Waals surface area contributed by atoms with Gasteiger partial charge in [0.25, 0.3) is 0 Å². The van der Waals surface area contributed by atoms with Crippen LogP contribution in [0.15, 0.2) is 0 Å². The van der Waals surface area contributed by atoms with Gasteiger partial charge in [-0.15, -0.1) is 0 Å². The lowest BCUT2D eigenvalue weighted by Gasteiger charge is -2.30. The second kappa shape index (κ2) is 6.73. The normalized spacial score (nSPS) is 19.0. The quantitative estimate of drug-likeness (QED) is 0.807. The Balaban J connectivity index is 2.30. The molecular weight excluding hydrogens is 234 g/mol. The molecule has 1 rings (SSSR count). The number of carboxylic acids is 1. The van der Waals surface area contributed by atoms with Gasteiger partial charge in [0.05, 0.1) is 12.0 Å². The molecule has 1 saturated heterocycles. The molecule has 0 bridgehead atoms. The Hall–Kier alpha value is -1.10. The summed E-state index contributed by atoms with van der Waals surface area (Å²) in [4.78, 5) is 24.3. The van der Waals surface area contributed by atoms with Gasteiger partial charge in [-0.3, -0.25) is 9.59 Å². The van der Waals surface area contributed by atoms with Crippen LogP contribution < -0.4 is 0 Å². The molecular formula is C13H23NO4. The third kappa shape index (κ3) is 4.29. The van der Waals surface area contributed by atoms with Crippen molar-refractivity contribution in [3.05, 3.63) is 0 Å². The zero-order valence-electron chi connectivity index (χ0n) is 11.4. The van der Waals surface area contributed by atoms with E-state index in [1.54, 1.807) is 4.90 Å². The number of likely N-dealkylation sites (tertiary alicyclic amines) is 1. The summed E-state index contributed by atoms with van der Waals surface area (Å²) in [6.07, 6.45) is 1.15. The topological polar surface area (TPSA) is 66.8 Å². The molecule has 0 radical (unpaired) electrons. The second-order valence-corrected chi connectivity index (χ2v) is 5.25. The fraction of sp³-hybridized carbons (Fsp3) is 0.846. The summed E-state index contributed by atoms with van der Waals surface area (Å²) >= 11 is 0. The van der Waals surface area contributed by atoms with Crippen molar-refractivity contribution in [3.8, 4) is 0 Å². The lowest BCUT2D eigenvalue weighted by atomic mass is 9.97. The number of amides is 1. The van der Waals surface area contributed by atoms with E-state index in [2.05, 4.69) is 0 Å². The molecule has 5 nitrogen and oxygen atoms in total. The number of carbonyl (C=O) groups is 2. The van der Waals surface area contributed by atoms with E-state index in [0.717, 1.165) is 0 Å². The Morgan fingerprint density at radius 1 is 1.28 bits per heavy atom. The monoisotopic (exact) mass is 257 g/mol. The fourth-order valence-electron chi connectivity index (χ4n) is 1.86. The first-order chi connectivity index (χ1) is 8.41. The van der Waals surface area contributed by atoms with Gasteiger partial charge in [-0.2, -0.15) is 0 Å². The SMILES string of the molecule is CC(C)C(C)OCC(=O)N1CCC(C(=O)O)CC1. The van der Waals surface area contributed by atoms with Crippen molar-refractivity contribution in [2.45, 2.75) is 39.7 Å². The Bertz CT molecular complexity index is 295. The zero-order chi connectivity index (χ0) is 13.7. The van der Waals surface area contributed by atoms with Crippen LogP contribution in [0.25, 0.3) is 0 Å². The minimum absolute atomic E-state index is 0.0358. The van der Waals surface area contributed by atoms with E-state index in [4.69, 9.17) is 9.84 Å². The second-order valence-electron chi connectivity index (χ2n) is 5.25. The highest BCUT2D eigenvalue weighted by atomic mass is 16.5. The highest BCUT2D eigenvalue weighted by molar-refractivity contribution is 5.78. The van der Waals surface area contributed by atoms with Gasteiger partial charge < -0.3 is 14.7 Å². The number of piperidine rings is 1. The minimum atomic E-state index is -0.758. The molecule has 0 aliphatic carbocycles. The minimum Gasteiger partial charge on any atom is -0.481 e. The molecule has 1 unspecified atom stereocenters. The maximum absolute atomic E-state index is 11.9. The number of aliphatic carboxylic acids is 1. The maximum Gasteiger partial charge on any atom is 0.306 e. The smallest absolute Gasteiger partial charge is 0.306 e. The predicted octanol–water partition coefficient (Wildman–Crippen LogP) is 1.37. The summed E-state index contributed by atoms with van der Waals surface area (Å²) < 4.78 is 5.49. The van der Waals surface area contributed by atoms with Crippen LogP contribution in [-0.2, 0) is 14.3 Å². The summed E-state index contributed by atoms with van der Waals surface area (Å²) in [6.45, 7) is 7.19. The average molecular weight is 257 g/mol. The standard InChI is InChI=1S/C13H23NO4/c1-9(2)10(3)18-8-12(15)14-6-4-11(5-7-14)13(16)17/h9-11H,4-8H2,1-3H3,(H,16,17). The van der Waals surface area contributed by atoms with Crippen molar-refractivity contribution >= 4 is 11.9 Å². The number of nitrogens with zero attached hydrogens (tertiary/aromatic N) is 1. The molecule has 1 N–H and O–H groups in total. The average Bonchev–Trinajstić information content (AvgIpc) is 2.35. The van der Waals surface area contributed by atoms with Crippen LogP contribution in [0.1, 0.15) is 33.6 Å². The van der Waals surface area contributed by atoms with Gasteiger partial charge in [-0.05, 0) is 25.7 Å². The van der Waals surface area contributed by atoms with E-state index < -0.39 is 5.97 Å². The lowest BCUT2D eigenvalue weighted by Crippen LogP contribution is -2.42. The molecule has 104 valence electrons. The molecule has 1 heterocycles. The largest absolute Gasteiger partial charge is 0.481 e. The number of ether oxygens (including phenoxy) is 1. The van der Waals surface area contributed by atoms with Crippen LogP contribution in [0.3, 0.4) is 0 Å². The lowest BCUT2D eigenvalue weighted by molar-refractivity contribution is -0.147. The molecule has 1 aliphatic heterocycles. The van der Waals surface area contributed by atoms with Crippen LogP contribution in [0, 0.1) is 11.8 Å². The van der Waals surface area contributed by atoms with Crippen LogP contribution >= 0.6 is 0 Å². The third-order valence-electron chi connectivity index (χ3n) is 3.61. The van der Waals surface area contributed by atoms with Gasteiger partial charge >= 0.3 is 5.97 Å². The van der Waals surface area contributed by atoms with E-state index in [1.807, 2.05) is 20.8 Å². The molecule has 1 aliphatic rings. The Kier molecular flexibility index (Phi) is 5.59. The van der Waals surface area contributed by atoms with Gasteiger partial charge in [0.2, 0.25) is 5.91 Å². The molecule has 0 aromatic carbocycles. The van der Waals surface area contributed by atoms with Gasteiger partial charge in [0.1, 0.15) is 6.61 Å². The Morgan fingerprint density at radius 3 is 2.28 bits per heavy atom. The number of hydrogen-bond acceptors (Lipinski definition) is 3. The molecule has 1 fully saturated rings. The summed E-state index contributed by atoms with van der Waals surface area (Å²) in [5.74, 6) is -0.710. The number of hydrogen-bond donors (Lipinski definition) is 1. The van der Waals surface area contributed by atoms with Crippen LogP contribution in [0.2, 0.25) is 0 Å². The van der Waals surface area contributed by atoms with Gasteiger partial charge in [0.15, 0.2) is 0 Å². The molecule has 1 amide bonds. The third-order valence-corrected chi connectivity index (χ3v) is 3.61. The number of carboxylic acid groups (broad SMARTS) is 1. The maximum atomic E-state index is 11.9. The molecule has 0 aromatic rings. The fourth-order valence-corrected chi connectivity index (χ4v) is 1.86. The van der Waals surface area contributed by atoms with Crippen molar-refractivity contribution in [3.63, 3.8) is 0 Å². The summed E-state index contributed by atoms with van der Waals surface area (Å²) in [7, 11) is 0. The van der Waals surface area contributed by atoms with E-state index in [0.29, 0.717) is 31.8 Å². The van der Waals surface area contributed by atoms with Crippen LogP contribution in [-0.4, -0.2) is 47.7 Å². The van der Waals surface area contributed by atoms with Crippen molar-refractivity contribution in [1.29, 1.82) is 0 Å². The van der Waals surface area contributed by atoms with E-state index >= 15 is 0 Å². The highest BCUT2D eigenvalue weighted by Gasteiger charge is 2.27. The van der Waals surface area contributed by atoms with Crippen molar-refractivity contribution in [1.82, 2.24) is 4.90 Å². The van der Waals surface area contributed by atoms with Gasteiger partial charge in [-0.25, -0.2) is 0 Å². The summed E-state index contributed by atoms with van der Waals surface area (Å²) in [5.41, 5.74) is 0. The predicted molar refractivity (Wildman–Crippen MR) is 67.2 cm³/mol. The summed E-state index contributed by atoms with van der Waals surface area (Å²) in [5, 5.41) is 8.87. The first-order valence-corrected chi connectivity index (χ1v) is 6.54. The zero-order valence-corrected chi connectivity index (χ0v) is 11.4. The molecule has 0 saturated carbocycles. The van der Waals surface area contributed by atoms with Gasteiger partial charge in [-0.1, -0.05) is 13.8 Å². The molecule has 5 heteroatoms. The molecule has 0 spiro atoms. The van der Waals surface area contributed by atoms with Crippen molar-refractivity contribution < 1.29 is 19.4 Å². The van der Waals surface area contributed by atoms with E-state index in [1.165, 1.54) is 0 Å². The van der Waals surface area contributed by atoms with Crippen molar-refractivity contribution in [2.24, 2.45) is 11.8 Å². The first-order valence-electron chi connectivity index (χ1n) is 6.54. The summed E-state index contributed by atoms with van der Waals surface area (Å²) in [6, 6.07) is 0. The highest BCUT2D eigenvalue weighted by Crippen LogP contribution is 2.17. The molecule has 0 aromatic heterocycles. The Morgan fingerprint density at radius 2 is 1.83 bits per heavy atom. The molecule has 18 heavy (non-hydrogen) atoms. The number of carbonyl (C=O) groups excluding carboxylic acids is 1. The van der Waals surface area contributed by atoms with Crippen LogP contribution in [0.4, 0.5) is 0 Å². The molecule has 1 atom stereocenters. The van der Waals surface area contributed by atoms with E-state index in [9.17, 15) is 9.59 Å². The van der Waals surface area contributed by atoms with Gasteiger partial charge in [0, 0.05) is 13.1 Å². The van der Waals surface area contributed by atoms with E-state index in [-0.39, 0.29) is 24.5 Å².